The maximum atomic E-state index is 12.2. The molecular formula is C21H42N6O2. The Kier molecular flexibility index (Phi) is 9.49. The van der Waals surface area contributed by atoms with Gasteiger partial charge in [0, 0.05) is 65.4 Å². The molecule has 8 heteroatoms. The van der Waals surface area contributed by atoms with Crippen molar-refractivity contribution < 1.29 is 9.53 Å². The van der Waals surface area contributed by atoms with E-state index in [9.17, 15) is 4.79 Å². The molecule has 0 aromatic rings. The number of carbonyl (C=O) groups is 1. The van der Waals surface area contributed by atoms with Crippen molar-refractivity contribution in [2.24, 2.45) is 4.99 Å². The van der Waals surface area contributed by atoms with Crippen LogP contribution in [0, 0.1) is 0 Å². The number of guanidine groups is 1. The number of hydrogen-bond acceptors (Lipinski definition) is 5. The largest absolute Gasteiger partial charge is 0.444 e. The Balaban J connectivity index is 1.61. The first-order valence-corrected chi connectivity index (χ1v) is 11.2. The van der Waals surface area contributed by atoms with E-state index < -0.39 is 5.60 Å². The number of aliphatic imine (C=N–C) groups is 1. The van der Waals surface area contributed by atoms with Crippen LogP contribution in [0.1, 0.15) is 47.0 Å². The van der Waals surface area contributed by atoms with E-state index in [4.69, 9.17) is 4.74 Å². The van der Waals surface area contributed by atoms with Crippen molar-refractivity contribution in [2.75, 3.05) is 66.0 Å². The van der Waals surface area contributed by atoms with Crippen LogP contribution in [0.15, 0.2) is 4.99 Å². The van der Waals surface area contributed by atoms with Gasteiger partial charge in [0.1, 0.15) is 5.60 Å². The van der Waals surface area contributed by atoms with Gasteiger partial charge in [-0.05, 0) is 46.6 Å². The molecule has 2 heterocycles. The third-order valence-corrected chi connectivity index (χ3v) is 5.44. The zero-order chi connectivity index (χ0) is 21.3. The number of nitrogens with one attached hydrogen (secondary N) is 2. The second-order valence-electron chi connectivity index (χ2n) is 9.07. The molecule has 0 saturated carbocycles. The van der Waals surface area contributed by atoms with Crippen LogP contribution in [0.3, 0.4) is 0 Å². The summed E-state index contributed by atoms with van der Waals surface area (Å²) in [6, 6.07) is 0.506. The Morgan fingerprint density at radius 2 is 1.66 bits per heavy atom. The highest BCUT2D eigenvalue weighted by atomic mass is 16.6. The normalized spacial score (nSPS) is 20.6. The maximum Gasteiger partial charge on any atom is 0.410 e. The van der Waals surface area contributed by atoms with Gasteiger partial charge in [-0.3, -0.25) is 9.89 Å². The first kappa shape index (κ1) is 23.7. The summed E-state index contributed by atoms with van der Waals surface area (Å²) < 4.78 is 5.46. The lowest BCUT2D eigenvalue weighted by Gasteiger charge is -2.35. The molecule has 2 fully saturated rings. The molecule has 0 atom stereocenters. The van der Waals surface area contributed by atoms with E-state index in [1.54, 1.807) is 4.90 Å². The fourth-order valence-electron chi connectivity index (χ4n) is 3.82. The predicted octanol–water partition coefficient (Wildman–Crippen LogP) is 1.58. The van der Waals surface area contributed by atoms with Gasteiger partial charge in [-0.1, -0.05) is 6.92 Å². The molecule has 0 radical (unpaired) electrons. The minimum Gasteiger partial charge on any atom is -0.444 e. The van der Waals surface area contributed by atoms with Crippen molar-refractivity contribution in [3.63, 3.8) is 0 Å². The SMILES string of the molecule is CCCN1CCC(NC(=NC)NCCN2CCN(C(=O)OC(C)(C)C)CC2)CC1. The minimum absolute atomic E-state index is 0.204. The fourth-order valence-corrected chi connectivity index (χ4v) is 3.82. The van der Waals surface area contributed by atoms with Crippen LogP contribution in [0.25, 0.3) is 0 Å². The summed E-state index contributed by atoms with van der Waals surface area (Å²) in [4.78, 5) is 23.3. The van der Waals surface area contributed by atoms with E-state index in [0.29, 0.717) is 6.04 Å². The quantitative estimate of drug-likeness (QED) is 0.512. The van der Waals surface area contributed by atoms with Gasteiger partial charge in [0.25, 0.3) is 0 Å². The molecule has 0 bridgehead atoms. The third kappa shape index (κ3) is 8.78. The van der Waals surface area contributed by atoms with Crippen molar-refractivity contribution in [3.05, 3.63) is 0 Å². The molecule has 2 rings (SSSR count). The number of ether oxygens (including phenoxy) is 1. The predicted molar refractivity (Wildman–Crippen MR) is 118 cm³/mol. The number of piperidine rings is 1. The molecule has 0 unspecified atom stereocenters. The highest BCUT2D eigenvalue weighted by Gasteiger charge is 2.25. The third-order valence-electron chi connectivity index (χ3n) is 5.44. The van der Waals surface area contributed by atoms with Gasteiger partial charge in [0.15, 0.2) is 5.96 Å². The molecule has 2 aliphatic heterocycles. The zero-order valence-electron chi connectivity index (χ0n) is 19.2. The fraction of sp³-hybridized carbons (Fsp3) is 0.905. The Morgan fingerprint density at radius 1 is 1.03 bits per heavy atom. The van der Waals surface area contributed by atoms with Crippen LogP contribution in [-0.2, 0) is 4.74 Å². The molecule has 0 aliphatic carbocycles. The van der Waals surface area contributed by atoms with Gasteiger partial charge in [-0.15, -0.1) is 0 Å². The molecule has 29 heavy (non-hydrogen) atoms. The van der Waals surface area contributed by atoms with Crippen molar-refractivity contribution in [3.8, 4) is 0 Å². The summed E-state index contributed by atoms with van der Waals surface area (Å²) in [5.41, 5.74) is -0.437. The molecule has 1 amide bonds. The van der Waals surface area contributed by atoms with Crippen LogP contribution < -0.4 is 10.6 Å². The van der Waals surface area contributed by atoms with Crippen LogP contribution >= 0.6 is 0 Å². The summed E-state index contributed by atoms with van der Waals surface area (Å²) >= 11 is 0. The van der Waals surface area contributed by atoms with Crippen molar-refractivity contribution >= 4 is 12.1 Å². The van der Waals surface area contributed by atoms with Gasteiger partial charge in [-0.2, -0.15) is 0 Å². The van der Waals surface area contributed by atoms with E-state index in [1.165, 1.54) is 38.9 Å². The first-order chi connectivity index (χ1) is 13.8. The molecule has 168 valence electrons. The zero-order valence-corrected chi connectivity index (χ0v) is 19.2. The Hall–Kier alpha value is -1.54. The number of likely N-dealkylation sites (tertiary alicyclic amines) is 1. The van der Waals surface area contributed by atoms with E-state index in [0.717, 1.165) is 45.2 Å². The summed E-state index contributed by atoms with van der Waals surface area (Å²) in [6.45, 7) is 16.5. The molecule has 2 saturated heterocycles. The maximum absolute atomic E-state index is 12.2. The summed E-state index contributed by atoms with van der Waals surface area (Å²) in [7, 11) is 1.83. The lowest BCUT2D eigenvalue weighted by molar-refractivity contribution is 0.0147. The second-order valence-corrected chi connectivity index (χ2v) is 9.07. The molecule has 0 aromatic heterocycles. The number of piperazine rings is 1. The number of hydrogen-bond donors (Lipinski definition) is 2. The summed E-state index contributed by atoms with van der Waals surface area (Å²) in [5, 5.41) is 7.02. The van der Waals surface area contributed by atoms with Crippen molar-refractivity contribution in [2.45, 2.75) is 58.6 Å². The highest BCUT2D eigenvalue weighted by Crippen LogP contribution is 2.12. The van der Waals surface area contributed by atoms with Crippen LogP contribution in [-0.4, -0.2) is 104 Å². The van der Waals surface area contributed by atoms with Crippen molar-refractivity contribution in [1.29, 1.82) is 0 Å². The highest BCUT2D eigenvalue weighted by molar-refractivity contribution is 5.79. The molecular weight excluding hydrogens is 368 g/mol. The summed E-state index contributed by atoms with van der Waals surface area (Å²) in [5.74, 6) is 0.895. The van der Waals surface area contributed by atoms with Crippen molar-refractivity contribution in [1.82, 2.24) is 25.3 Å². The van der Waals surface area contributed by atoms with Crippen LogP contribution in [0.4, 0.5) is 4.79 Å². The van der Waals surface area contributed by atoms with Crippen LogP contribution in [0.2, 0.25) is 0 Å². The van der Waals surface area contributed by atoms with E-state index in [1.807, 2.05) is 27.8 Å². The van der Waals surface area contributed by atoms with Gasteiger partial charge >= 0.3 is 6.09 Å². The molecule has 0 spiro atoms. The first-order valence-electron chi connectivity index (χ1n) is 11.2. The lowest BCUT2D eigenvalue weighted by Crippen LogP contribution is -2.52. The topological polar surface area (TPSA) is 72.4 Å². The minimum atomic E-state index is -0.437. The van der Waals surface area contributed by atoms with Gasteiger partial charge < -0.3 is 25.2 Å². The lowest BCUT2D eigenvalue weighted by atomic mass is 10.1. The average Bonchev–Trinajstić information content (AvgIpc) is 2.68. The Morgan fingerprint density at radius 3 is 2.21 bits per heavy atom. The van der Waals surface area contributed by atoms with Crippen LogP contribution in [0.5, 0.6) is 0 Å². The Labute approximate surface area is 177 Å². The molecule has 0 aromatic carbocycles. The molecule has 2 aliphatic rings. The average molecular weight is 411 g/mol. The number of rotatable bonds is 6. The number of carbonyl (C=O) groups excluding carboxylic acids is 1. The van der Waals surface area contributed by atoms with E-state index in [-0.39, 0.29) is 6.09 Å². The summed E-state index contributed by atoms with van der Waals surface area (Å²) in [6.07, 6.45) is 3.37. The van der Waals surface area contributed by atoms with E-state index in [2.05, 4.69) is 32.3 Å². The number of amides is 1. The number of nitrogens with zero attached hydrogens (tertiary/aromatic N) is 4. The monoisotopic (exact) mass is 410 g/mol. The van der Waals surface area contributed by atoms with Gasteiger partial charge in [0.05, 0.1) is 0 Å². The van der Waals surface area contributed by atoms with E-state index >= 15 is 0 Å². The van der Waals surface area contributed by atoms with Gasteiger partial charge in [-0.25, -0.2) is 4.79 Å². The second kappa shape index (κ2) is 11.6. The Bertz CT molecular complexity index is 518. The smallest absolute Gasteiger partial charge is 0.410 e. The van der Waals surface area contributed by atoms with Gasteiger partial charge in [0.2, 0.25) is 0 Å². The standard InChI is InChI=1S/C21H42N6O2/c1-6-10-25-11-7-18(8-12-25)24-19(22-5)23-9-13-26-14-16-27(17-15-26)20(28)29-21(2,3)4/h18H,6-17H2,1-5H3,(H2,22,23,24). The molecule has 8 nitrogen and oxygen atoms in total. The molecule has 2 N–H and O–H groups in total.